The van der Waals surface area contributed by atoms with E-state index < -0.39 is 11.8 Å². The zero-order chi connectivity index (χ0) is 10.6. The first-order chi connectivity index (χ1) is 6.65. The first-order valence-electron chi connectivity index (χ1n) is 4.02. The van der Waals surface area contributed by atoms with Gasteiger partial charge in [-0.25, -0.2) is 9.18 Å². The molecule has 0 fully saturated rings. The normalized spacial score (nSPS) is 8.62. The number of aliphatic hydroxyl groups is 1. The monoisotopic (exact) mass is 239 g/mol. The van der Waals surface area contributed by atoms with Gasteiger partial charge in [0.25, 0.3) is 0 Å². The minimum Gasteiger partial charge on any atom is -0.870 e. The van der Waals surface area contributed by atoms with E-state index in [0.29, 0.717) is 0 Å². The van der Waals surface area contributed by atoms with Crippen molar-refractivity contribution in [1.29, 1.82) is 0 Å². The largest absolute Gasteiger partial charge is 1.00 e. The van der Waals surface area contributed by atoms with Gasteiger partial charge in [0.1, 0.15) is 5.82 Å². The van der Waals surface area contributed by atoms with Crippen LogP contribution in [0.25, 0.3) is 0 Å². The summed E-state index contributed by atoms with van der Waals surface area (Å²) in [7, 11) is 0. The summed E-state index contributed by atoms with van der Waals surface area (Å²) in [6.45, 7) is 0.0410. The molecule has 16 heavy (non-hydrogen) atoms. The molecule has 1 aromatic rings. The van der Waals surface area contributed by atoms with Gasteiger partial charge in [0.2, 0.25) is 0 Å². The van der Waals surface area contributed by atoms with Crippen molar-refractivity contribution in [3.05, 3.63) is 29.6 Å². The second-order valence-electron chi connectivity index (χ2n) is 2.65. The third kappa shape index (κ3) is 4.91. The molecule has 0 atom stereocenters. The molecule has 0 heterocycles. The fourth-order valence-corrected chi connectivity index (χ4v) is 1.04. The molecule has 0 radical (unpaired) electrons. The Morgan fingerprint density at radius 3 is 2.56 bits per heavy atom. The third-order valence-electron chi connectivity index (χ3n) is 1.64. The molecule has 7 heteroatoms. The summed E-state index contributed by atoms with van der Waals surface area (Å²) in [5, 5.41) is 19.9. The molecule has 0 saturated heterocycles. The van der Waals surface area contributed by atoms with Gasteiger partial charge >= 0.3 is 35.5 Å². The van der Waals surface area contributed by atoms with Crippen molar-refractivity contribution in [2.45, 2.75) is 0 Å². The number of carboxylic acids is 1. The molecular weight excluding hydrogens is 228 g/mol. The Kier molecular flexibility index (Phi) is 9.40. The maximum atomic E-state index is 12.7. The standard InChI is InChI=1S/C9H10FNO3.Na.H2O/c10-6-1-2-7(9(13)14)8(5-6)11-3-4-12;;/h1-2,5,11-12H,3-4H2,(H,13,14);;1H2/q;+1;/p-1. The predicted molar refractivity (Wildman–Crippen MR) is 50.9 cm³/mol. The Morgan fingerprint density at radius 2 is 2.06 bits per heavy atom. The van der Waals surface area contributed by atoms with Gasteiger partial charge in [-0.2, -0.15) is 0 Å². The van der Waals surface area contributed by atoms with Crippen LogP contribution in [0.4, 0.5) is 10.1 Å². The van der Waals surface area contributed by atoms with Gasteiger partial charge in [0.15, 0.2) is 0 Å². The number of aliphatic hydroxyl groups excluding tert-OH is 1. The summed E-state index contributed by atoms with van der Waals surface area (Å²) < 4.78 is 12.7. The van der Waals surface area contributed by atoms with Crippen LogP contribution < -0.4 is 34.9 Å². The van der Waals surface area contributed by atoms with Crippen molar-refractivity contribution in [1.82, 2.24) is 0 Å². The van der Waals surface area contributed by atoms with Gasteiger partial charge < -0.3 is 21.0 Å². The van der Waals surface area contributed by atoms with Gasteiger partial charge in [-0.15, -0.1) is 0 Å². The van der Waals surface area contributed by atoms with Crippen LogP contribution >= 0.6 is 0 Å². The summed E-state index contributed by atoms with van der Waals surface area (Å²) in [4.78, 5) is 10.7. The molecule has 0 amide bonds. The Bertz CT molecular complexity index is 348. The van der Waals surface area contributed by atoms with Crippen LogP contribution in [0.2, 0.25) is 0 Å². The van der Waals surface area contributed by atoms with Crippen molar-refractivity contribution in [3.8, 4) is 0 Å². The molecule has 0 aromatic heterocycles. The topological polar surface area (TPSA) is 99.6 Å². The van der Waals surface area contributed by atoms with Gasteiger partial charge in [0.05, 0.1) is 17.9 Å². The number of carboxylic acid groups (broad SMARTS) is 1. The predicted octanol–water partition coefficient (Wildman–Crippen LogP) is -2.24. The van der Waals surface area contributed by atoms with Crippen molar-refractivity contribution >= 4 is 11.7 Å². The number of hydrogen-bond donors (Lipinski definition) is 3. The molecule has 4 N–H and O–H groups in total. The average Bonchev–Trinajstić information content (AvgIpc) is 2.14. The summed E-state index contributed by atoms with van der Waals surface area (Å²) in [5.41, 5.74) is 0.159. The molecule has 5 nitrogen and oxygen atoms in total. The Labute approximate surface area is 114 Å². The van der Waals surface area contributed by atoms with Crippen molar-refractivity contribution < 1.29 is 54.4 Å². The van der Waals surface area contributed by atoms with E-state index in [0.717, 1.165) is 12.1 Å². The number of halogens is 1. The summed E-state index contributed by atoms with van der Waals surface area (Å²) in [6.07, 6.45) is 0. The molecule has 0 aliphatic heterocycles. The molecule has 0 aliphatic carbocycles. The first-order valence-corrected chi connectivity index (χ1v) is 4.02. The SMILES string of the molecule is O=C(O)c1ccc(F)cc1NCCO.[Na+].[OH-]. The number of rotatable bonds is 4. The molecule has 84 valence electrons. The maximum absolute atomic E-state index is 12.7. The smallest absolute Gasteiger partial charge is 0.870 e. The van der Waals surface area contributed by atoms with Gasteiger partial charge in [-0.05, 0) is 18.2 Å². The van der Waals surface area contributed by atoms with Crippen LogP contribution in [0, 0.1) is 5.82 Å². The van der Waals surface area contributed by atoms with Crippen molar-refractivity contribution in [2.75, 3.05) is 18.5 Å². The molecule has 0 unspecified atom stereocenters. The number of hydrogen-bond acceptors (Lipinski definition) is 4. The molecule has 1 aromatic carbocycles. The number of carbonyl (C=O) groups is 1. The second-order valence-corrected chi connectivity index (χ2v) is 2.65. The van der Waals surface area contributed by atoms with E-state index in [9.17, 15) is 9.18 Å². The number of aromatic carboxylic acids is 1. The molecule has 1 rings (SSSR count). The maximum Gasteiger partial charge on any atom is 1.00 e. The van der Waals surface area contributed by atoms with E-state index in [4.69, 9.17) is 10.2 Å². The summed E-state index contributed by atoms with van der Waals surface area (Å²) in [6, 6.07) is 3.34. The molecule has 0 bridgehead atoms. The number of anilines is 1. The second kappa shape index (κ2) is 8.49. The van der Waals surface area contributed by atoms with Crippen LogP contribution in [-0.4, -0.2) is 34.8 Å². The van der Waals surface area contributed by atoms with E-state index >= 15 is 0 Å². The van der Waals surface area contributed by atoms with E-state index in [1.54, 1.807) is 0 Å². The first kappa shape index (κ1) is 17.7. The van der Waals surface area contributed by atoms with Crippen LogP contribution in [0.1, 0.15) is 10.4 Å². The summed E-state index contributed by atoms with van der Waals surface area (Å²) >= 11 is 0. The molecular formula is C9H11FNNaO4. The zero-order valence-electron chi connectivity index (χ0n) is 8.77. The van der Waals surface area contributed by atoms with E-state index in [-0.39, 0.29) is 59.4 Å². The number of benzene rings is 1. The van der Waals surface area contributed by atoms with Crippen LogP contribution in [0.5, 0.6) is 0 Å². The average molecular weight is 239 g/mol. The van der Waals surface area contributed by atoms with Crippen LogP contribution in [-0.2, 0) is 0 Å². The van der Waals surface area contributed by atoms with Crippen molar-refractivity contribution in [3.63, 3.8) is 0 Å². The van der Waals surface area contributed by atoms with Gasteiger partial charge in [-0.3, -0.25) is 0 Å². The van der Waals surface area contributed by atoms with E-state index in [1.807, 2.05) is 0 Å². The van der Waals surface area contributed by atoms with Crippen LogP contribution in [0.3, 0.4) is 0 Å². The molecule has 0 saturated carbocycles. The van der Waals surface area contributed by atoms with Gasteiger partial charge in [-0.1, -0.05) is 0 Å². The molecule has 0 spiro atoms. The quantitative estimate of drug-likeness (QED) is 0.516. The fourth-order valence-electron chi connectivity index (χ4n) is 1.04. The Morgan fingerprint density at radius 1 is 1.44 bits per heavy atom. The minimum absolute atomic E-state index is 0. The van der Waals surface area contributed by atoms with Gasteiger partial charge in [0, 0.05) is 6.54 Å². The van der Waals surface area contributed by atoms with Crippen LogP contribution in [0.15, 0.2) is 18.2 Å². The van der Waals surface area contributed by atoms with E-state index in [1.165, 1.54) is 6.07 Å². The minimum atomic E-state index is -1.13. The Balaban J connectivity index is 0. The van der Waals surface area contributed by atoms with E-state index in [2.05, 4.69) is 5.32 Å². The number of nitrogens with one attached hydrogen (secondary N) is 1. The summed E-state index contributed by atoms with van der Waals surface area (Å²) in [5.74, 6) is -1.65. The fraction of sp³-hybridized carbons (Fsp3) is 0.222. The zero-order valence-corrected chi connectivity index (χ0v) is 10.8. The van der Waals surface area contributed by atoms with Crippen molar-refractivity contribution in [2.24, 2.45) is 0 Å². The Hall–Kier alpha value is -0.660. The third-order valence-corrected chi connectivity index (χ3v) is 1.64. The molecule has 0 aliphatic rings.